The van der Waals surface area contributed by atoms with Gasteiger partial charge in [-0.05, 0) is 70.6 Å². The van der Waals surface area contributed by atoms with Crippen molar-refractivity contribution in [1.29, 1.82) is 0 Å². The highest BCUT2D eigenvalue weighted by atomic mass is 16.6. The van der Waals surface area contributed by atoms with Gasteiger partial charge in [-0.25, -0.2) is 0 Å². The van der Waals surface area contributed by atoms with Gasteiger partial charge in [0.2, 0.25) is 0 Å². The number of rotatable bonds is 43. The van der Waals surface area contributed by atoms with Crippen molar-refractivity contribution in [2.45, 2.75) is 232 Å². The van der Waals surface area contributed by atoms with Crippen LogP contribution in [-0.2, 0) is 28.6 Å². The van der Waals surface area contributed by atoms with Crippen molar-refractivity contribution in [3.63, 3.8) is 0 Å². The molecule has 0 heterocycles. The fraction of sp³-hybridized carbons (Fsp3) is 0.717. The fourth-order valence-electron chi connectivity index (χ4n) is 6.61. The van der Waals surface area contributed by atoms with Crippen LogP contribution in [-0.4, -0.2) is 37.2 Å². The zero-order valence-electron chi connectivity index (χ0n) is 38.5. The molecule has 0 N–H and O–H groups in total. The molecule has 6 heteroatoms. The number of allylic oxidation sites excluding steroid dienone is 12. The monoisotopic (exact) mass is 823 g/mol. The lowest BCUT2D eigenvalue weighted by Crippen LogP contribution is -2.30. The van der Waals surface area contributed by atoms with Crippen LogP contribution in [0, 0.1) is 0 Å². The standard InChI is InChI=1S/C53H90O6/c1-4-7-10-13-16-19-22-24-25-26-27-28-29-32-34-37-40-43-46-52(55)58-49-50(48-57-51(54)45-42-39-36-33-30-21-18-15-12-9-6-3)59-53(56)47-44-41-38-35-31-23-20-17-14-11-8-5-2/h8,11,16-17,19-20,22,24-28,50H,4-7,9-10,12-15,18,21,23,29-49H2,1-3H3/b11-8-,19-16-,20-17-,24-22-,26-25-,28-27-. The first-order valence-corrected chi connectivity index (χ1v) is 24.5. The maximum atomic E-state index is 12.7. The molecule has 0 aliphatic carbocycles. The minimum Gasteiger partial charge on any atom is -0.462 e. The third kappa shape index (κ3) is 45.8. The highest BCUT2D eigenvalue weighted by Gasteiger charge is 2.19. The van der Waals surface area contributed by atoms with Gasteiger partial charge in [0, 0.05) is 19.3 Å². The summed E-state index contributed by atoms with van der Waals surface area (Å²) in [5, 5.41) is 0. The van der Waals surface area contributed by atoms with Gasteiger partial charge in [0.15, 0.2) is 6.10 Å². The molecule has 0 spiro atoms. The first kappa shape index (κ1) is 55.9. The van der Waals surface area contributed by atoms with Crippen molar-refractivity contribution in [2.24, 2.45) is 0 Å². The van der Waals surface area contributed by atoms with Gasteiger partial charge in [-0.15, -0.1) is 0 Å². The van der Waals surface area contributed by atoms with Crippen LogP contribution in [0.4, 0.5) is 0 Å². The molecule has 0 rings (SSSR count). The van der Waals surface area contributed by atoms with E-state index in [0.29, 0.717) is 19.3 Å². The Kier molecular flexibility index (Phi) is 45.0. The molecule has 0 saturated heterocycles. The lowest BCUT2D eigenvalue weighted by Gasteiger charge is -2.18. The maximum absolute atomic E-state index is 12.7. The van der Waals surface area contributed by atoms with Crippen molar-refractivity contribution in [3.05, 3.63) is 72.9 Å². The Morgan fingerprint density at radius 2 is 0.729 bits per heavy atom. The molecule has 0 bridgehead atoms. The van der Waals surface area contributed by atoms with E-state index in [-0.39, 0.29) is 31.1 Å². The molecule has 0 aromatic heterocycles. The van der Waals surface area contributed by atoms with Crippen molar-refractivity contribution in [1.82, 2.24) is 0 Å². The molecule has 59 heavy (non-hydrogen) atoms. The Labute approximate surface area is 363 Å². The van der Waals surface area contributed by atoms with Gasteiger partial charge in [-0.2, -0.15) is 0 Å². The maximum Gasteiger partial charge on any atom is 0.306 e. The van der Waals surface area contributed by atoms with Crippen LogP contribution in [0.3, 0.4) is 0 Å². The molecule has 0 aliphatic heterocycles. The summed E-state index contributed by atoms with van der Waals surface area (Å²) in [6.07, 6.45) is 58.8. The van der Waals surface area contributed by atoms with Gasteiger partial charge in [0.1, 0.15) is 13.2 Å². The Morgan fingerprint density at radius 1 is 0.373 bits per heavy atom. The van der Waals surface area contributed by atoms with E-state index >= 15 is 0 Å². The van der Waals surface area contributed by atoms with Crippen LogP contribution in [0.1, 0.15) is 226 Å². The summed E-state index contributed by atoms with van der Waals surface area (Å²) < 4.78 is 16.7. The molecule has 0 aromatic rings. The number of hydrogen-bond donors (Lipinski definition) is 0. The predicted octanol–water partition coefficient (Wildman–Crippen LogP) is 15.9. The topological polar surface area (TPSA) is 78.9 Å². The largest absolute Gasteiger partial charge is 0.462 e. The summed E-state index contributed by atoms with van der Waals surface area (Å²) in [7, 11) is 0. The molecule has 0 aromatic carbocycles. The number of carbonyl (C=O) groups is 3. The van der Waals surface area contributed by atoms with Gasteiger partial charge in [-0.3, -0.25) is 14.4 Å². The zero-order chi connectivity index (χ0) is 43.0. The Hall–Kier alpha value is -3.15. The van der Waals surface area contributed by atoms with E-state index in [1.807, 2.05) is 0 Å². The number of esters is 3. The van der Waals surface area contributed by atoms with Crippen LogP contribution in [0.15, 0.2) is 72.9 Å². The second kappa shape index (κ2) is 47.5. The molecular formula is C53H90O6. The Balaban J connectivity index is 4.42. The van der Waals surface area contributed by atoms with Crippen LogP contribution in [0.5, 0.6) is 0 Å². The third-order valence-corrected chi connectivity index (χ3v) is 10.3. The first-order chi connectivity index (χ1) is 29.0. The average molecular weight is 823 g/mol. The molecule has 0 radical (unpaired) electrons. The first-order valence-electron chi connectivity index (χ1n) is 24.5. The highest BCUT2D eigenvalue weighted by Crippen LogP contribution is 2.14. The molecular weight excluding hydrogens is 733 g/mol. The van der Waals surface area contributed by atoms with E-state index in [1.165, 1.54) is 70.6 Å². The van der Waals surface area contributed by atoms with Gasteiger partial charge >= 0.3 is 17.9 Å². The summed E-state index contributed by atoms with van der Waals surface area (Å²) in [6, 6.07) is 0. The van der Waals surface area contributed by atoms with Crippen LogP contribution in [0.2, 0.25) is 0 Å². The minimum absolute atomic E-state index is 0.0882. The van der Waals surface area contributed by atoms with Crippen molar-refractivity contribution < 1.29 is 28.6 Å². The molecule has 6 nitrogen and oxygen atoms in total. The molecule has 1 unspecified atom stereocenters. The summed E-state index contributed by atoms with van der Waals surface area (Å²) in [5.41, 5.74) is 0. The predicted molar refractivity (Wildman–Crippen MR) is 251 cm³/mol. The summed E-state index contributed by atoms with van der Waals surface area (Å²) in [5.74, 6) is -0.929. The number of hydrogen-bond acceptors (Lipinski definition) is 6. The van der Waals surface area contributed by atoms with Gasteiger partial charge in [0.25, 0.3) is 0 Å². The molecule has 0 fully saturated rings. The van der Waals surface area contributed by atoms with E-state index < -0.39 is 6.10 Å². The van der Waals surface area contributed by atoms with Crippen molar-refractivity contribution >= 4 is 17.9 Å². The summed E-state index contributed by atoms with van der Waals surface area (Å²) in [4.78, 5) is 37.8. The third-order valence-electron chi connectivity index (χ3n) is 10.3. The molecule has 0 amide bonds. The molecule has 0 aliphatic rings. The quantitative estimate of drug-likeness (QED) is 0.0200. The fourth-order valence-corrected chi connectivity index (χ4v) is 6.61. The summed E-state index contributed by atoms with van der Waals surface area (Å²) >= 11 is 0. The highest BCUT2D eigenvalue weighted by molar-refractivity contribution is 5.71. The van der Waals surface area contributed by atoms with Gasteiger partial charge < -0.3 is 14.2 Å². The zero-order valence-corrected chi connectivity index (χ0v) is 38.5. The SMILES string of the molecule is CC/C=C\C/C=C\CCCCCCCC(=O)OC(COC(=O)CCCCCCC\C=C/C=C\C=C/C=C\CCCCC)COC(=O)CCCCCCCCCCCCC. The van der Waals surface area contributed by atoms with Crippen LogP contribution >= 0.6 is 0 Å². The normalized spacial score (nSPS) is 12.7. The van der Waals surface area contributed by atoms with E-state index in [9.17, 15) is 14.4 Å². The lowest BCUT2D eigenvalue weighted by molar-refractivity contribution is -0.167. The number of unbranched alkanes of at least 4 members (excludes halogenated alkanes) is 23. The van der Waals surface area contributed by atoms with Crippen LogP contribution < -0.4 is 0 Å². The van der Waals surface area contributed by atoms with Crippen LogP contribution in [0.25, 0.3) is 0 Å². The van der Waals surface area contributed by atoms with Gasteiger partial charge in [0.05, 0.1) is 0 Å². The van der Waals surface area contributed by atoms with E-state index in [1.54, 1.807) is 0 Å². The van der Waals surface area contributed by atoms with Gasteiger partial charge in [-0.1, -0.05) is 209 Å². The summed E-state index contributed by atoms with van der Waals surface area (Å²) in [6.45, 7) is 6.44. The average Bonchev–Trinajstić information content (AvgIpc) is 3.23. The Bertz CT molecular complexity index is 1130. The molecule has 1 atom stereocenters. The second-order valence-corrected chi connectivity index (χ2v) is 16.1. The lowest BCUT2D eigenvalue weighted by atomic mass is 10.1. The van der Waals surface area contributed by atoms with E-state index in [0.717, 1.165) is 116 Å². The smallest absolute Gasteiger partial charge is 0.306 e. The molecule has 338 valence electrons. The number of ether oxygens (including phenoxy) is 3. The Morgan fingerprint density at radius 3 is 1.20 bits per heavy atom. The van der Waals surface area contributed by atoms with E-state index in [4.69, 9.17) is 14.2 Å². The van der Waals surface area contributed by atoms with Crippen molar-refractivity contribution in [2.75, 3.05) is 13.2 Å². The van der Waals surface area contributed by atoms with E-state index in [2.05, 4.69) is 93.7 Å². The number of carbonyl (C=O) groups excluding carboxylic acids is 3. The minimum atomic E-state index is -0.789. The molecule has 0 saturated carbocycles. The second-order valence-electron chi connectivity index (χ2n) is 16.1. The van der Waals surface area contributed by atoms with Crippen molar-refractivity contribution in [3.8, 4) is 0 Å².